The molecule has 1 aromatic carbocycles. The Bertz CT molecular complexity index is 333. The maximum Gasteiger partial charge on any atom is 0.0587 e. The summed E-state index contributed by atoms with van der Waals surface area (Å²) in [6.07, 6.45) is 0. The van der Waals surface area contributed by atoms with Crippen molar-refractivity contribution in [1.82, 2.24) is 5.32 Å². The highest BCUT2D eigenvalue weighted by atomic mass is 79.9. The summed E-state index contributed by atoms with van der Waals surface area (Å²) in [7, 11) is 1.72. The number of benzene rings is 1. The summed E-state index contributed by atoms with van der Waals surface area (Å²) in [6.45, 7) is 6.03. The molecule has 0 aliphatic rings. The van der Waals surface area contributed by atoms with Crippen LogP contribution in [-0.4, -0.2) is 40.0 Å². The monoisotopic (exact) mass is 315 g/mol. The van der Waals surface area contributed by atoms with E-state index in [1.165, 1.54) is 5.56 Å². The van der Waals surface area contributed by atoms with Crippen LogP contribution in [0.5, 0.6) is 0 Å². The van der Waals surface area contributed by atoms with Crippen LogP contribution in [0.3, 0.4) is 0 Å². The molecule has 3 nitrogen and oxygen atoms in total. The predicted octanol–water partition coefficient (Wildman–Crippen LogP) is 2.81. The van der Waals surface area contributed by atoms with Gasteiger partial charge in [0.15, 0.2) is 0 Å². The zero-order valence-electron chi connectivity index (χ0n) is 11.1. The van der Waals surface area contributed by atoms with Gasteiger partial charge in [-0.1, -0.05) is 28.1 Å². The third kappa shape index (κ3) is 5.96. The molecule has 102 valence electrons. The maximum atomic E-state index is 5.56. The van der Waals surface area contributed by atoms with Gasteiger partial charge >= 0.3 is 0 Å². The molecular formula is C14H22BrNO2. The summed E-state index contributed by atoms with van der Waals surface area (Å²) in [4.78, 5) is 0. The number of hydrogen-bond acceptors (Lipinski definition) is 3. The molecule has 0 aliphatic carbocycles. The van der Waals surface area contributed by atoms with Crippen molar-refractivity contribution < 1.29 is 9.47 Å². The summed E-state index contributed by atoms with van der Waals surface area (Å²) >= 11 is 3.51. The Hall–Kier alpha value is -0.420. The van der Waals surface area contributed by atoms with Crippen LogP contribution in [0, 0.1) is 0 Å². The summed E-state index contributed by atoms with van der Waals surface area (Å²) in [6, 6.07) is 8.40. The Morgan fingerprint density at radius 2 is 2.22 bits per heavy atom. The van der Waals surface area contributed by atoms with Crippen molar-refractivity contribution in [3.8, 4) is 0 Å². The molecule has 0 aliphatic heterocycles. The number of methoxy groups -OCH3 is 1. The topological polar surface area (TPSA) is 30.5 Å². The van der Waals surface area contributed by atoms with Gasteiger partial charge in [0.1, 0.15) is 0 Å². The second-order valence-electron chi connectivity index (χ2n) is 4.11. The number of halogens is 1. The van der Waals surface area contributed by atoms with E-state index in [1.807, 2.05) is 13.0 Å². The summed E-state index contributed by atoms with van der Waals surface area (Å²) in [5.74, 6) is 0.374. The van der Waals surface area contributed by atoms with Gasteiger partial charge in [-0.05, 0) is 24.6 Å². The minimum absolute atomic E-state index is 0.374. The molecule has 0 spiro atoms. The lowest BCUT2D eigenvalue weighted by atomic mass is 10.00. The van der Waals surface area contributed by atoms with Crippen molar-refractivity contribution in [3.63, 3.8) is 0 Å². The van der Waals surface area contributed by atoms with E-state index in [2.05, 4.69) is 39.4 Å². The van der Waals surface area contributed by atoms with Crippen molar-refractivity contribution in [3.05, 3.63) is 34.3 Å². The molecule has 0 fully saturated rings. The molecule has 0 bridgehead atoms. The molecule has 0 aromatic heterocycles. The zero-order chi connectivity index (χ0) is 13.2. The molecule has 0 heterocycles. The molecular weight excluding hydrogens is 294 g/mol. The van der Waals surface area contributed by atoms with Crippen molar-refractivity contribution in [2.24, 2.45) is 0 Å². The Kier molecular flexibility index (Phi) is 8.25. The van der Waals surface area contributed by atoms with Gasteiger partial charge in [0, 0.05) is 37.2 Å². The van der Waals surface area contributed by atoms with Crippen LogP contribution in [0.15, 0.2) is 28.7 Å². The summed E-state index contributed by atoms with van der Waals surface area (Å²) in [5.41, 5.74) is 1.29. The van der Waals surface area contributed by atoms with Crippen LogP contribution in [0.1, 0.15) is 18.4 Å². The van der Waals surface area contributed by atoms with E-state index in [0.29, 0.717) is 5.92 Å². The second-order valence-corrected chi connectivity index (χ2v) is 5.02. The quantitative estimate of drug-likeness (QED) is 0.711. The van der Waals surface area contributed by atoms with E-state index in [-0.39, 0.29) is 0 Å². The summed E-state index contributed by atoms with van der Waals surface area (Å²) in [5, 5.41) is 3.39. The largest absolute Gasteiger partial charge is 0.383 e. The van der Waals surface area contributed by atoms with E-state index in [9.17, 15) is 0 Å². The third-order valence-electron chi connectivity index (χ3n) is 2.72. The fourth-order valence-corrected chi connectivity index (χ4v) is 2.16. The standard InChI is InChI=1S/C14H22BrNO2/c1-3-18-11-13(10-16-7-8-17-2)12-5-4-6-14(15)9-12/h4-6,9,13,16H,3,7-8,10-11H2,1-2H3. The van der Waals surface area contributed by atoms with E-state index >= 15 is 0 Å². The minimum atomic E-state index is 0.374. The van der Waals surface area contributed by atoms with Crippen LogP contribution < -0.4 is 5.32 Å². The highest BCUT2D eigenvalue weighted by Gasteiger charge is 2.11. The minimum Gasteiger partial charge on any atom is -0.383 e. The first-order valence-corrected chi connectivity index (χ1v) is 7.10. The third-order valence-corrected chi connectivity index (χ3v) is 3.21. The predicted molar refractivity (Wildman–Crippen MR) is 78.1 cm³/mol. The van der Waals surface area contributed by atoms with Crippen LogP contribution in [0.2, 0.25) is 0 Å². The van der Waals surface area contributed by atoms with Gasteiger partial charge in [0.05, 0.1) is 13.2 Å². The Balaban J connectivity index is 2.54. The highest BCUT2D eigenvalue weighted by molar-refractivity contribution is 9.10. The number of ether oxygens (including phenoxy) is 2. The normalized spacial score (nSPS) is 12.6. The molecule has 0 saturated heterocycles. The fourth-order valence-electron chi connectivity index (χ4n) is 1.74. The first-order valence-electron chi connectivity index (χ1n) is 6.30. The number of rotatable bonds is 9. The first kappa shape index (κ1) is 15.6. The van der Waals surface area contributed by atoms with Crippen LogP contribution in [0.25, 0.3) is 0 Å². The Morgan fingerprint density at radius 1 is 1.39 bits per heavy atom. The lowest BCUT2D eigenvalue weighted by molar-refractivity contribution is 0.130. The van der Waals surface area contributed by atoms with E-state index < -0.39 is 0 Å². The smallest absolute Gasteiger partial charge is 0.0587 e. The van der Waals surface area contributed by atoms with Crippen molar-refractivity contribution in [1.29, 1.82) is 0 Å². The Morgan fingerprint density at radius 3 is 2.89 bits per heavy atom. The van der Waals surface area contributed by atoms with Crippen LogP contribution >= 0.6 is 15.9 Å². The Labute approximate surface area is 118 Å². The van der Waals surface area contributed by atoms with Gasteiger partial charge in [-0.2, -0.15) is 0 Å². The molecule has 18 heavy (non-hydrogen) atoms. The average molecular weight is 316 g/mol. The lowest BCUT2D eigenvalue weighted by Crippen LogP contribution is -2.27. The molecule has 0 saturated carbocycles. The zero-order valence-corrected chi connectivity index (χ0v) is 12.7. The second kappa shape index (κ2) is 9.50. The van der Waals surface area contributed by atoms with E-state index in [4.69, 9.17) is 9.47 Å². The lowest BCUT2D eigenvalue weighted by Gasteiger charge is -2.18. The van der Waals surface area contributed by atoms with E-state index in [0.717, 1.165) is 37.4 Å². The first-order chi connectivity index (χ1) is 8.77. The number of hydrogen-bond donors (Lipinski definition) is 1. The van der Waals surface area contributed by atoms with E-state index in [1.54, 1.807) is 7.11 Å². The SMILES string of the molecule is CCOCC(CNCCOC)c1cccc(Br)c1. The van der Waals surface area contributed by atoms with Gasteiger partial charge in [-0.3, -0.25) is 0 Å². The molecule has 4 heteroatoms. The van der Waals surface area contributed by atoms with Gasteiger partial charge in [0.25, 0.3) is 0 Å². The van der Waals surface area contributed by atoms with Crippen molar-refractivity contribution >= 4 is 15.9 Å². The molecule has 0 radical (unpaired) electrons. The van der Waals surface area contributed by atoms with Gasteiger partial charge < -0.3 is 14.8 Å². The average Bonchev–Trinajstić information content (AvgIpc) is 2.38. The molecule has 1 rings (SSSR count). The van der Waals surface area contributed by atoms with Crippen LogP contribution in [-0.2, 0) is 9.47 Å². The molecule has 1 aromatic rings. The fraction of sp³-hybridized carbons (Fsp3) is 0.571. The highest BCUT2D eigenvalue weighted by Crippen LogP contribution is 2.20. The maximum absolute atomic E-state index is 5.56. The molecule has 1 unspecified atom stereocenters. The number of nitrogens with one attached hydrogen (secondary N) is 1. The van der Waals surface area contributed by atoms with Crippen molar-refractivity contribution in [2.75, 3.05) is 40.0 Å². The van der Waals surface area contributed by atoms with Gasteiger partial charge in [-0.15, -0.1) is 0 Å². The van der Waals surface area contributed by atoms with Gasteiger partial charge in [0.2, 0.25) is 0 Å². The van der Waals surface area contributed by atoms with Crippen LogP contribution in [0.4, 0.5) is 0 Å². The summed E-state index contributed by atoms with van der Waals surface area (Å²) < 4.78 is 11.7. The molecule has 0 amide bonds. The van der Waals surface area contributed by atoms with Crippen molar-refractivity contribution in [2.45, 2.75) is 12.8 Å². The van der Waals surface area contributed by atoms with Gasteiger partial charge in [-0.25, -0.2) is 0 Å². The molecule has 1 atom stereocenters. The molecule has 1 N–H and O–H groups in total.